The molecule has 0 saturated carbocycles. The van der Waals surface area contributed by atoms with Gasteiger partial charge in [-0.25, -0.2) is 0 Å². The highest BCUT2D eigenvalue weighted by Gasteiger charge is 2.27. The van der Waals surface area contributed by atoms with E-state index in [1.54, 1.807) is 0 Å². The predicted octanol–water partition coefficient (Wildman–Crippen LogP) is 4.73. The van der Waals surface area contributed by atoms with Gasteiger partial charge < -0.3 is 9.47 Å². The first-order valence-electron chi connectivity index (χ1n) is 7.84. The van der Waals surface area contributed by atoms with Crippen LogP contribution < -0.4 is 0 Å². The van der Waals surface area contributed by atoms with Crippen LogP contribution in [0.4, 0.5) is 0 Å². The monoisotopic (exact) mass is 255 g/mol. The molecule has 3 atom stereocenters. The molecule has 0 amide bonds. The van der Waals surface area contributed by atoms with Crippen molar-refractivity contribution in [2.75, 3.05) is 6.61 Å². The predicted molar refractivity (Wildman–Crippen MR) is 76.4 cm³/mol. The van der Waals surface area contributed by atoms with Crippen molar-refractivity contribution < 1.29 is 9.47 Å². The zero-order valence-corrected chi connectivity index (χ0v) is 12.3. The Labute approximate surface area is 113 Å². The molecule has 1 saturated heterocycles. The summed E-state index contributed by atoms with van der Waals surface area (Å²) in [6, 6.07) is 0. The normalized spacial score (nSPS) is 25.5. The van der Waals surface area contributed by atoms with Gasteiger partial charge in [-0.15, -0.1) is 0 Å². The summed E-state index contributed by atoms with van der Waals surface area (Å²) in [6.45, 7) is 9.02. The van der Waals surface area contributed by atoms with Gasteiger partial charge in [-0.1, -0.05) is 65.2 Å². The first kappa shape index (κ1) is 16.0. The largest absolute Gasteiger partial charge is 0.350 e. The molecule has 0 N–H and O–H groups in total. The number of rotatable bonds is 10. The number of unbranched alkanes of at least 4 members (excludes halogenated alkanes) is 7. The Hall–Kier alpha value is -0.0800. The maximum Gasteiger partial charge on any atom is 0.160 e. The zero-order chi connectivity index (χ0) is 13.2. The minimum absolute atomic E-state index is 0.00273. The van der Waals surface area contributed by atoms with E-state index in [4.69, 9.17) is 9.47 Å². The van der Waals surface area contributed by atoms with Crippen molar-refractivity contribution in [3.05, 3.63) is 6.92 Å². The average Bonchev–Trinajstić information content (AvgIpc) is 2.79. The van der Waals surface area contributed by atoms with Gasteiger partial charge in [0.15, 0.2) is 6.29 Å². The van der Waals surface area contributed by atoms with Crippen LogP contribution in [0.25, 0.3) is 0 Å². The SMILES string of the molecule is [CH2]C1COC(C(C)CCCCCCCCCC)O1. The highest BCUT2D eigenvalue weighted by molar-refractivity contribution is 4.70. The van der Waals surface area contributed by atoms with Gasteiger partial charge in [0.1, 0.15) is 0 Å². The maximum atomic E-state index is 5.61. The van der Waals surface area contributed by atoms with Gasteiger partial charge >= 0.3 is 0 Å². The van der Waals surface area contributed by atoms with Crippen LogP contribution in [0.5, 0.6) is 0 Å². The summed E-state index contributed by atoms with van der Waals surface area (Å²) < 4.78 is 11.2. The van der Waals surface area contributed by atoms with Crippen molar-refractivity contribution in [1.29, 1.82) is 0 Å². The third kappa shape index (κ3) is 6.75. The van der Waals surface area contributed by atoms with Crippen LogP contribution >= 0.6 is 0 Å². The summed E-state index contributed by atoms with van der Waals surface area (Å²) in [5.41, 5.74) is 0. The van der Waals surface area contributed by atoms with Crippen LogP contribution in [0.1, 0.15) is 71.6 Å². The van der Waals surface area contributed by atoms with E-state index in [0.29, 0.717) is 12.5 Å². The molecule has 0 bridgehead atoms. The third-order valence-electron chi connectivity index (χ3n) is 3.75. The smallest absolute Gasteiger partial charge is 0.160 e. The molecule has 2 nitrogen and oxygen atoms in total. The zero-order valence-electron chi connectivity index (χ0n) is 12.3. The molecule has 1 aliphatic rings. The molecule has 3 unspecified atom stereocenters. The molecule has 1 fully saturated rings. The van der Waals surface area contributed by atoms with Gasteiger partial charge in [-0.05, 0) is 13.3 Å². The lowest BCUT2D eigenvalue weighted by Gasteiger charge is -2.18. The summed E-state index contributed by atoms with van der Waals surface area (Å²) in [5.74, 6) is 0.511. The molecular weight excluding hydrogens is 224 g/mol. The highest BCUT2D eigenvalue weighted by Crippen LogP contribution is 2.23. The first-order chi connectivity index (χ1) is 8.74. The van der Waals surface area contributed by atoms with Crippen molar-refractivity contribution in [2.24, 2.45) is 5.92 Å². The molecule has 1 rings (SSSR count). The van der Waals surface area contributed by atoms with Crippen molar-refractivity contribution in [3.8, 4) is 0 Å². The molecule has 0 aromatic heterocycles. The number of ether oxygens (including phenoxy) is 2. The lowest BCUT2D eigenvalue weighted by molar-refractivity contribution is -0.0887. The topological polar surface area (TPSA) is 18.5 Å². The fourth-order valence-electron chi connectivity index (χ4n) is 2.51. The Bertz CT molecular complexity index is 194. The van der Waals surface area contributed by atoms with Crippen molar-refractivity contribution in [1.82, 2.24) is 0 Å². The van der Waals surface area contributed by atoms with Crippen LogP contribution in [0.15, 0.2) is 0 Å². The van der Waals surface area contributed by atoms with Crippen molar-refractivity contribution in [3.63, 3.8) is 0 Å². The van der Waals surface area contributed by atoms with Gasteiger partial charge in [-0.2, -0.15) is 0 Å². The van der Waals surface area contributed by atoms with Crippen LogP contribution in [-0.2, 0) is 9.47 Å². The average molecular weight is 255 g/mol. The highest BCUT2D eigenvalue weighted by atomic mass is 16.7. The molecule has 0 aliphatic carbocycles. The third-order valence-corrected chi connectivity index (χ3v) is 3.75. The second kappa shape index (κ2) is 9.80. The molecule has 0 aromatic rings. The fourth-order valence-corrected chi connectivity index (χ4v) is 2.51. The Morgan fingerprint density at radius 3 is 2.22 bits per heavy atom. The summed E-state index contributed by atoms with van der Waals surface area (Å²) in [4.78, 5) is 0. The number of hydrogen-bond acceptors (Lipinski definition) is 2. The van der Waals surface area contributed by atoms with Gasteiger partial charge in [-0.3, -0.25) is 0 Å². The van der Waals surface area contributed by atoms with Crippen molar-refractivity contribution in [2.45, 2.75) is 84.0 Å². The van der Waals surface area contributed by atoms with Gasteiger partial charge in [0.05, 0.1) is 12.7 Å². The van der Waals surface area contributed by atoms with Crippen LogP contribution in [0, 0.1) is 12.8 Å². The minimum atomic E-state index is -0.00273. The molecule has 1 radical (unpaired) electrons. The molecule has 107 valence electrons. The Morgan fingerprint density at radius 1 is 1.06 bits per heavy atom. The van der Waals surface area contributed by atoms with E-state index in [0.717, 1.165) is 0 Å². The standard InChI is InChI=1S/C16H31O2/c1-4-5-6-7-8-9-10-11-12-14(2)16-17-13-15(3)18-16/h14-16H,3-13H2,1-2H3. The second-order valence-corrected chi connectivity index (χ2v) is 5.70. The summed E-state index contributed by atoms with van der Waals surface area (Å²) in [5, 5.41) is 0. The quantitative estimate of drug-likeness (QED) is 0.525. The minimum Gasteiger partial charge on any atom is -0.350 e. The summed E-state index contributed by atoms with van der Waals surface area (Å²) in [6.07, 6.45) is 12.3. The lowest BCUT2D eigenvalue weighted by atomic mass is 10.0. The van der Waals surface area contributed by atoms with E-state index < -0.39 is 0 Å². The Kier molecular flexibility index (Phi) is 8.70. The molecule has 0 aromatic carbocycles. The first-order valence-corrected chi connectivity index (χ1v) is 7.84. The van der Waals surface area contributed by atoms with Gasteiger partial charge in [0, 0.05) is 5.92 Å². The maximum absolute atomic E-state index is 5.61. The Balaban J connectivity index is 1.88. The van der Waals surface area contributed by atoms with Crippen molar-refractivity contribution >= 4 is 0 Å². The second-order valence-electron chi connectivity index (χ2n) is 5.70. The molecule has 18 heavy (non-hydrogen) atoms. The van der Waals surface area contributed by atoms with E-state index in [9.17, 15) is 0 Å². The Morgan fingerprint density at radius 2 is 1.67 bits per heavy atom. The molecule has 0 spiro atoms. The van der Waals surface area contributed by atoms with Gasteiger partial charge in [0.2, 0.25) is 0 Å². The molecule has 1 heterocycles. The van der Waals surface area contributed by atoms with E-state index in [-0.39, 0.29) is 12.4 Å². The van der Waals surface area contributed by atoms with E-state index in [1.165, 1.54) is 57.8 Å². The fraction of sp³-hybridized carbons (Fsp3) is 0.938. The molecule has 2 heteroatoms. The van der Waals surface area contributed by atoms with Crippen LogP contribution in [0.3, 0.4) is 0 Å². The van der Waals surface area contributed by atoms with E-state index in [1.807, 2.05) is 0 Å². The summed E-state index contributed by atoms with van der Waals surface area (Å²) >= 11 is 0. The van der Waals surface area contributed by atoms with E-state index >= 15 is 0 Å². The molecular formula is C16H31O2. The number of hydrogen-bond donors (Lipinski definition) is 0. The van der Waals surface area contributed by atoms with Crippen LogP contribution in [-0.4, -0.2) is 19.0 Å². The molecule has 1 aliphatic heterocycles. The lowest BCUT2D eigenvalue weighted by Crippen LogP contribution is -2.19. The summed E-state index contributed by atoms with van der Waals surface area (Å²) in [7, 11) is 0. The van der Waals surface area contributed by atoms with Crippen LogP contribution in [0.2, 0.25) is 0 Å². The van der Waals surface area contributed by atoms with E-state index in [2.05, 4.69) is 20.8 Å². The van der Waals surface area contributed by atoms with Gasteiger partial charge in [0.25, 0.3) is 0 Å².